The van der Waals surface area contributed by atoms with Crippen molar-refractivity contribution in [3.05, 3.63) is 0 Å². The number of hydrogen-bond donors (Lipinski definition) is 0. The van der Waals surface area contributed by atoms with Crippen LogP contribution in [0.25, 0.3) is 0 Å². The van der Waals surface area contributed by atoms with E-state index in [-0.39, 0.29) is 35.6 Å². The highest BCUT2D eigenvalue weighted by Crippen LogP contribution is 2.29. The molecule has 1 saturated carbocycles. The fourth-order valence-corrected chi connectivity index (χ4v) is 4.34. The average Bonchev–Trinajstić information content (AvgIpc) is 2.68. The van der Waals surface area contributed by atoms with Crippen molar-refractivity contribution in [3.8, 4) is 0 Å². The third-order valence-corrected chi connectivity index (χ3v) is 5.52. The number of carbonyl (C=O) groups excluding carboxylic acids is 1. The van der Waals surface area contributed by atoms with Crippen molar-refractivity contribution in [2.75, 3.05) is 18.6 Å². The van der Waals surface area contributed by atoms with Crippen LogP contribution in [0.5, 0.6) is 0 Å². The van der Waals surface area contributed by atoms with Crippen molar-refractivity contribution in [3.63, 3.8) is 0 Å². The molecular formula is C12H20O5S. The van der Waals surface area contributed by atoms with E-state index in [1.165, 1.54) is 7.11 Å². The SMILES string of the molecule is COC(=O)C1CCC(OC2CCS(=O)(=O)C2)CC1. The molecule has 1 aliphatic carbocycles. The van der Waals surface area contributed by atoms with Crippen LogP contribution in [0.4, 0.5) is 0 Å². The molecule has 1 unspecified atom stereocenters. The molecule has 2 fully saturated rings. The predicted octanol–water partition coefficient (Wildman–Crippen LogP) is 0.922. The molecule has 0 radical (unpaired) electrons. The first-order chi connectivity index (χ1) is 8.50. The van der Waals surface area contributed by atoms with E-state index in [2.05, 4.69) is 0 Å². The lowest BCUT2D eigenvalue weighted by molar-refractivity contribution is -0.147. The molecule has 1 saturated heterocycles. The van der Waals surface area contributed by atoms with Crippen molar-refractivity contribution >= 4 is 15.8 Å². The summed E-state index contributed by atoms with van der Waals surface area (Å²) in [6.07, 6.45) is 3.75. The van der Waals surface area contributed by atoms with Gasteiger partial charge in [0, 0.05) is 0 Å². The quantitative estimate of drug-likeness (QED) is 0.717. The number of carbonyl (C=O) groups is 1. The Kier molecular flexibility index (Phi) is 4.27. The summed E-state index contributed by atoms with van der Waals surface area (Å²) in [4.78, 5) is 11.4. The second-order valence-electron chi connectivity index (χ2n) is 5.16. The van der Waals surface area contributed by atoms with E-state index in [1.54, 1.807) is 0 Å². The Balaban J connectivity index is 1.76. The second-order valence-corrected chi connectivity index (χ2v) is 7.39. The minimum Gasteiger partial charge on any atom is -0.469 e. The molecule has 1 aliphatic heterocycles. The number of ether oxygens (including phenoxy) is 2. The first-order valence-electron chi connectivity index (χ1n) is 6.44. The normalized spacial score (nSPS) is 35.3. The Hall–Kier alpha value is -0.620. The molecule has 2 aliphatic rings. The average molecular weight is 276 g/mol. The summed E-state index contributed by atoms with van der Waals surface area (Å²) in [6, 6.07) is 0. The summed E-state index contributed by atoms with van der Waals surface area (Å²) in [5.74, 6) is 0.248. The van der Waals surface area contributed by atoms with Gasteiger partial charge in [0.05, 0.1) is 36.7 Å². The Bertz CT molecular complexity index is 395. The molecule has 0 aromatic carbocycles. The summed E-state index contributed by atoms with van der Waals surface area (Å²) in [5, 5.41) is 0. The Morgan fingerprint density at radius 1 is 1.06 bits per heavy atom. The van der Waals surface area contributed by atoms with E-state index >= 15 is 0 Å². The van der Waals surface area contributed by atoms with E-state index in [0.29, 0.717) is 6.42 Å². The van der Waals surface area contributed by atoms with Crippen LogP contribution in [0.1, 0.15) is 32.1 Å². The van der Waals surface area contributed by atoms with Crippen LogP contribution >= 0.6 is 0 Å². The largest absolute Gasteiger partial charge is 0.469 e. The van der Waals surface area contributed by atoms with Gasteiger partial charge in [-0.25, -0.2) is 8.42 Å². The first-order valence-corrected chi connectivity index (χ1v) is 8.26. The standard InChI is InChI=1S/C12H20O5S/c1-16-12(13)9-2-4-10(5-3-9)17-11-6-7-18(14,15)8-11/h9-11H,2-8H2,1H3. The highest BCUT2D eigenvalue weighted by Gasteiger charge is 2.33. The van der Waals surface area contributed by atoms with Crippen LogP contribution in [0, 0.1) is 5.92 Å². The molecule has 0 N–H and O–H groups in total. The second kappa shape index (κ2) is 5.57. The number of rotatable bonds is 3. The number of methoxy groups -OCH3 is 1. The van der Waals surface area contributed by atoms with Gasteiger partial charge >= 0.3 is 5.97 Å². The van der Waals surface area contributed by atoms with Gasteiger partial charge in [0.1, 0.15) is 0 Å². The number of esters is 1. The molecule has 6 heteroatoms. The van der Waals surface area contributed by atoms with E-state index in [0.717, 1.165) is 25.7 Å². The van der Waals surface area contributed by atoms with Crippen LogP contribution in [-0.2, 0) is 24.1 Å². The maximum Gasteiger partial charge on any atom is 0.308 e. The molecule has 0 aromatic heterocycles. The summed E-state index contributed by atoms with van der Waals surface area (Å²) in [5.41, 5.74) is 0. The van der Waals surface area contributed by atoms with Crippen molar-refractivity contribution in [1.82, 2.24) is 0 Å². The minimum atomic E-state index is -2.87. The molecule has 104 valence electrons. The first kappa shape index (κ1) is 13.8. The van der Waals surface area contributed by atoms with Crippen LogP contribution in [-0.4, -0.2) is 45.2 Å². The Morgan fingerprint density at radius 2 is 1.72 bits per heavy atom. The molecule has 1 heterocycles. The molecule has 0 bridgehead atoms. The van der Waals surface area contributed by atoms with Crippen molar-refractivity contribution in [2.24, 2.45) is 5.92 Å². The minimum absolute atomic E-state index is 0.0119. The molecule has 5 nitrogen and oxygen atoms in total. The predicted molar refractivity (Wildman–Crippen MR) is 65.9 cm³/mol. The van der Waals surface area contributed by atoms with Gasteiger partial charge in [-0.3, -0.25) is 4.79 Å². The topological polar surface area (TPSA) is 69.7 Å². The van der Waals surface area contributed by atoms with E-state index in [4.69, 9.17) is 9.47 Å². The zero-order chi connectivity index (χ0) is 13.2. The third-order valence-electron chi connectivity index (χ3n) is 3.78. The maximum atomic E-state index is 11.4. The lowest BCUT2D eigenvalue weighted by Gasteiger charge is -2.28. The number of sulfone groups is 1. The molecule has 0 amide bonds. The zero-order valence-electron chi connectivity index (χ0n) is 10.6. The van der Waals surface area contributed by atoms with E-state index in [9.17, 15) is 13.2 Å². The highest BCUT2D eigenvalue weighted by molar-refractivity contribution is 7.91. The van der Waals surface area contributed by atoms with Crippen molar-refractivity contribution in [1.29, 1.82) is 0 Å². The van der Waals surface area contributed by atoms with Crippen LogP contribution in [0.3, 0.4) is 0 Å². The summed E-state index contributed by atoms with van der Waals surface area (Å²) < 4.78 is 33.2. The third kappa shape index (κ3) is 3.45. The van der Waals surface area contributed by atoms with Gasteiger partial charge in [0.15, 0.2) is 9.84 Å². The highest BCUT2D eigenvalue weighted by atomic mass is 32.2. The fraction of sp³-hybridized carbons (Fsp3) is 0.917. The summed E-state index contributed by atoms with van der Waals surface area (Å²) in [6.45, 7) is 0. The van der Waals surface area contributed by atoms with Gasteiger partial charge < -0.3 is 9.47 Å². The molecular weight excluding hydrogens is 256 g/mol. The van der Waals surface area contributed by atoms with E-state index in [1.807, 2.05) is 0 Å². The Morgan fingerprint density at radius 3 is 2.22 bits per heavy atom. The van der Waals surface area contributed by atoms with Gasteiger partial charge in [-0.15, -0.1) is 0 Å². The van der Waals surface area contributed by atoms with Crippen molar-refractivity contribution < 1.29 is 22.7 Å². The molecule has 0 spiro atoms. The van der Waals surface area contributed by atoms with E-state index < -0.39 is 9.84 Å². The van der Waals surface area contributed by atoms with Gasteiger partial charge in [-0.2, -0.15) is 0 Å². The fourth-order valence-electron chi connectivity index (χ4n) is 2.74. The van der Waals surface area contributed by atoms with Gasteiger partial charge in [-0.1, -0.05) is 0 Å². The maximum absolute atomic E-state index is 11.4. The summed E-state index contributed by atoms with van der Waals surface area (Å²) >= 11 is 0. The smallest absolute Gasteiger partial charge is 0.308 e. The molecule has 1 atom stereocenters. The molecule has 0 aromatic rings. The zero-order valence-corrected chi connectivity index (χ0v) is 11.4. The van der Waals surface area contributed by atoms with Crippen LogP contribution in [0.2, 0.25) is 0 Å². The van der Waals surface area contributed by atoms with Crippen molar-refractivity contribution in [2.45, 2.75) is 44.3 Å². The molecule has 2 rings (SSSR count). The summed E-state index contributed by atoms with van der Waals surface area (Å²) in [7, 11) is -1.46. The van der Waals surface area contributed by atoms with Gasteiger partial charge in [-0.05, 0) is 32.1 Å². The van der Waals surface area contributed by atoms with Crippen LogP contribution < -0.4 is 0 Å². The van der Waals surface area contributed by atoms with Gasteiger partial charge in [0.25, 0.3) is 0 Å². The Labute approximate surface area is 108 Å². The van der Waals surface area contributed by atoms with Gasteiger partial charge in [0.2, 0.25) is 0 Å². The number of hydrogen-bond acceptors (Lipinski definition) is 5. The monoisotopic (exact) mass is 276 g/mol. The lowest BCUT2D eigenvalue weighted by Crippen LogP contribution is -2.30. The molecule has 18 heavy (non-hydrogen) atoms. The lowest BCUT2D eigenvalue weighted by atomic mass is 9.87. The van der Waals surface area contributed by atoms with Crippen LogP contribution in [0.15, 0.2) is 0 Å².